The second-order valence-corrected chi connectivity index (χ2v) is 6.41. The number of halogens is 1. The minimum Gasteiger partial charge on any atom is -0.338 e. The smallest absolute Gasteiger partial charge is 0.315 e. The highest BCUT2D eigenvalue weighted by molar-refractivity contribution is 6.31. The molecule has 24 heavy (non-hydrogen) atoms. The lowest BCUT2D eigenvalue weighted by molar-refractivity contribution is -0.116. The first-order valence-electron chi connectivity index (χ1n) is 8.53. The molecule has 0 aliphatic heterocycles. The Morgan fingerprint density at radius 1 is 1.25 bits per heavy atom. The normalized spacial score (nSPS) is 11.7. The fourth-order valence-corrected chi connectivity index (χ4v) is 2.47. The molecule has 1 rings (SSSR count). The molecule has 0 aromatic heterocycles. The standard InChI is InChI=1S/C18H28ClN3O2/c1-4-5-6-8-13(2)21-18(24)20-12-11-17(23)22-16-10-7-9-15(19)14(16)3/h7,9-10,13H,4-6,8,11-12H2,1-3H3,(H,22,23)(H2,20,21,24). The van der Waals surface area contributed by atoms with Gasteiger partial charge in [0, 0.05) is 29.7 Å². The van der Waals surface area contributed by atoms with Crippen LogP contribution in [0, 0.1) is 6.92 Å². The van der Waals surface area contributed by atoms with E-state index in [4.69, 9.17) is 11.6 Å². The first kappa shape index (κ1) is 20.3. The fraction of sp³-hybridized carbons (Fsp3) is 0.556. The number of carbonyl (C=O) groups is 2. The first-order chi connectivity index (χ1) is 11.4. The van der Waals surface area contributed by atoms with E-state index in [1.165, 1.54) is 12.8 Å². The van der Waals surface area contributed by atoms with Crippen molar-refractivity contribution in [2.24, 2.45) is 0 Å². The van der Waals surface area contributed by atoms with E-state index >= 15 is 0 Å². The summed E-state index contributed by atoms with van der Waals surface area (Å²) in [5.74, 6) is -0.156. The predicted molar refractivity (Wildman–Crippen MR) is 99.6 cm³/mol. The van der Waals surface area contributed by atoms with Gasteiger partial charge in [-0.2, -0.15) is 0 Å². The Kier molecular flexibility index (Phi) is 9.23. The second kappa shape index (κ2) is 10.9. The zero-order valence-corrected chi connectivity index (χ0v) is 15.5. The van der Waals surface area contributed by atoms with Gasteiger partial charge < -0.3 is 16.0 Å². The highest BCUT2D eigenvalue weighted by atomic mass is 35.5. The quantitative estimate of drug-likeness (QED) is 0.581. The number of benzene rings is 1. The molecular formula is C18H28ClN3O2. The van der Waals surface area contributed by atoms with Gasteiger partial charge in [0.2, 0.25) is 5.91 Å². The molecule has 1 aromatic rings. The van der Waals surface area contributed by atoms with Gasteiger partial charge in [-0.3, -0.25) is 4.79 Å². The van der Waals surface area contributed by atoms with Gasteiger partial charge in [-0.25, -0.2) is 4.79 Å². The third kappa shape index (κ3) is 7.68. The van der Waals surface area contributed by atoms with E-state index in [2.05, 4.69) is 22.9 Å². The molecule has 3 amide bonds. The summed E-state index contributed by atoms with van der Waals surface area (Å²) in [4.78, 5) is 23.7. The number of nitrogens with one attached hydrogen (secondary N) is 3. The molecule has 5 nitrogen and oxygen atoms in total. The molecule has 3 N–H and O–H groups in total. The first-order valence-corrected chi connectivity index (χ1v) is 8.91. The maximum absolute atomic E-state index is 11.9. The topological polar surface area (TPSA) is 70.2 Å². The van der Waals surface area contributed by atoms with Crippen LogP contribution in [0.5, 0.6) is 0 Å². The van der Waals surface area contributed by atoms with Crippen molar-refractivity contribution >= 4 is 29.2 Å². The summed E-state index contributed by atoms with van der Waals surface area (Å²) in [5, 5.41) is 9.01. The van der Waals surface area contributed by atoms with Gasteiger partial charge in [0.25, 0.3) is 0 Å². The molecule has 0 radical (unpaired) electrons. The van der Waals surface area contributed by atoms with Crippen LogP contribution in [0.15, 0.2) is 18.2 Å². The molecule has 1 unspecified atom stereocenters. The molecule has 1 aromatic carbocycles. The van der Waals surface area contributed by atoms with Crippen molar-refractivity contribution in [2.45, 2.75) is 58.9 Å². The van der Waals surface area contributed by atoms with Crippen molar-refractivity contribution in [1.29, 1.82) is 0 Å². The third-order valence-electron chi connectivity index (χ3n) is 3.80. The van der Waals surface area contributed by atoms with E-state index in [9.17, 15) is 9.59 Å². The Hall–Kier alpha value is -1.75. The molecular weight excluding hydrogens is 326 g/mol. The summed E-state index contributed by atoms with van der Waals surface area (Å²) in [5.41, 5.74) is 1.53. The molecule has 0 bridgehead atoms. The van der Waals surface area contributed by atoms with Crippen molar-refractivity contribution in [1.82, 2.24) is 10.6 Å². The number of anilines is 1. The molecule has 0 aliphatic carbocycles. The van der Waals surface area contributed by atoms with E-state index in [1.807, 2.05) is 13.8 Å². The van der Waals surface area contributed by atoms with E-state index in [0.29, 0.717) is 17.3 Å². The summed E-state index contributed by atoms with van der Waals surface area (Å²) in [7, 11) is 0. The molecule has 0 saturated heterocycles. The van der Waals surface area contributed by atoms with Gasteiger partial charge >= 0.3 is 6.03 Å². The van der Waals surface area contributed by atoms with Crippen LogP contribution in [-0.2, 0) is 4.79 Å². The molecule has 0 aliphatic rings. The zero-order chi connectivity index (χ0) is 17.9. The number of hydrogen-bond donors (Lipinski definition) is 3. The van der Waals surface area contributed by atoms with Gasteiger partial charge in [0.15, 0.2) is 0 Å². The molecule has 6 heteroatoms. The number of hydrogen-bond acceptors (Lipinski definition) is 2. The lowest BCUT2D eigenvalue weighted by Crippen LogP contribution is -2.41. The van der Waals surface area contributed by atoms with E-state index < -0.39 is 0 Å². The van der Waals surface area contributed by atoms with Crippen molar-refractivity contribution in [3.8, 4) is 0 Å². The van der Waals surface area contributed by atoms with Crippen LogP contribution in [0.3, 0.4) is 0 Å². The summed E-state index contributed by atoms with van der Waals surface area (Å²) in [6.45, 7) is 6.28. The Labute approximate surface area is 149 Å². The van der Waals surface area contributed by atoms with Gasteiger partial charge in [0.05, 0.1) is 0 Å². The summed E-state index contributed by atoms with van der Waals surface area (Å²) in [6.07, 6.45) is 4.63. The average Bonchev–Trinajstić information content (AvgIpc) is 2.52. The Morgan fingerprint density at radius 3 is 2.71 bits per heavy atom. The Bertz CT molecular complexity index is 549. The Balaban J connectivity index is 2.25. The van der Waals surface area contributed by atoms with Gasteiger partial charge in [-0.1, -0.05) is 43.9 Å². The van der Waals surface area contributed by atoms with Crippen LogP contribution < -0.4 is 16.0 Å². The number of amides is 3. The highest BCUT2D eigenvalue weighted by Gasteiger charge is 2.09. The lowest BCUT2D eigenvalue weighted by atomic mass is 10.1. The Morgan fingerprint density at radius 2 is 2.00 bits per heavy atom. The number of unbranched alkanes of at least 4 members (excludes halogenated alkanes) is 2. The lowest BCUT2D eigenvalue weighted by Gasteiger charge is -2.14. The predicted octanol–water partition coefficient (Wildman–Crippen LogP) is 4.25. The summed E-state index contributed by atoms with van der Waals surface area (Å²) in [6, 6.07) is 5.28. The number of rotatable bonds is 9. The minimum absolute atomic E-state index is 0.138. The minimum atomic E-state index is -0.231. The van der Waals surface area contributed by atoms with E-state index in [0.717, 1.165) is 18.4 Å². The van der Waals surface area contributed by atoms with E-state index in [1.54, 1.807) is 18.2 Å². The van der Waals surface area contributed by atoms with E-state index in [-0.39, 0.29) is 24.4 Å². The van der Waals surface area contributed by atoms with Gasteiger partial charge in [-0.15, -0.1) is 0 Å². The van der Waals surface area contributed by atoms with Crippen molar-refractivity contribution in [3.63, 3.8) is 0 Å². The molecule has 1 atom stereocenters. The summed E-state index contributed by atoms with van der Waals surface area (Å²) < 4.78 is 0. The maximum atomic E-state index is 11.9. The van der Waals surface area contributed by atoms with Crippen molar-refractivity contribution in [2.75, 3.05) is 11.9 Å². The van der Waals surface area contributed by atoms with Crippen LogP contribution >= 0.6 is 11.6 Å². The van der Waals surface area contributed by atoms with Gasteiger partial charge in [0.1, 0.15) is 0 Å². The average molecular weight is 354 g/mol. The SMILES string of the molecule is CCCCCC(C)NC(=O)NCCC(=O)Nc1cccc(Cl)c1C. The molecule has 0 heterocycles. The highest BCUT2D eigenvalue weighted by Crippen LogP contribution is 2.22. The van der Waals surface area contributed by atoms with Crippen LogP contribution in [0.1, 0.15) is 51.5 Å². The molecule has 0 spiro atoms. The van der Waals surface area contributed by atoms with Crippen LogP contribution in [0.2, 0.25) is 5.02 Å². The van der Waals surface area contributed by atoms with Crippen molar-refractivity contribution < 1.29 is 9.59 Å². The largest absolute Gasteiger partial charge is 0.338 e. The zero-order valence-electron chi connectivity index (χ0n) is 14.7. The number of urea groups is 1. The monoisotopic (exact) mass is 353 g/mol. The van der Waals surface area contributed by atoms with Gasteiger partial charge in [-0.05, 0) is 38.0 Å². The van der Waals surface area contributed by atoms with Crippen LogP contribution in [0.25, 0.3) is 0 Å². The van der Waals surface area contributed by atoms with Crippen LogP contribution in [-0.4, -0.2) is 24.5 Å². The number of carbonyl (C=O) groups excluding carboxylic acids is 2. The van der Waals surface area contributed by atoms with Crippen molar-refractivity contribution in [3.05, 3.63) is 28.8 Å². The maximum Gasteiger partial charge on any atom is 0.315 e. The third-order valence-corrected chi connectivity index (χ3v) is 4.21. The van der Waals surface area contributed by atoms with Crippen LogP contribution in [0.4, 0.5) is 10.5 Å². The molecule has 134 valence electrons. The second-order valence-electron chi connectivity index (χ2n) is 6.01. The summed E-state index contributed by atoms with van der Waals surface area (Å²) >= 11 is 6.02. The molecule has 0 saturated carbocycles. The molecule has 0 fully saturated rings. The fourth-order valence-electron chi connectivity index (χ4n) is 2.29.